The van der Waals surface area contributed by atoms with Crippen molar-refractivity contribution in [3.05, 3.63) is 53.6 Å². The summed E-state index contributed by atoms with van der Waals surface area (Å²) >= 11 is 0. The van der Waals surface area contributed by atoms with Gasteiger partial charge in [-0.05, 0) is 36.6 Å². The van der Waals surface area contributed by atoms with Crippen molar-refractivity contribution in [3.8, 4) is 5.75 Å². The van der Waals surface area contributed by atoms with E-state index in [0.29, 0.717) is 12.3 Å². The number of nitrogens with zero attached hydrogens (tertiary/aromatic N) is 1. The van der Waals surface area contributed by atoms with Crippen molar-refractivity contribution in [1.82, 2.24) is 5.32 Å². The average Bonchev–Trinajstić information content (AvgIpc) is 2.68. The zero-order valence-corrected chi connectivity index (χ0v) is 15.9. The topological polar surface area (TPSA) is 70.7 Å². The number of nitrogens with one attached hydrogen (secondary N) is 2. The molecule has 0 radical (unpaired) electrons. The highest BCUT2D eigenvalue weighted by Gasteiger charge is 2.31. The van der Waals surface area contributed by atoms with Gasteiger partial charge in [0, 0.05) is 12.7 Å². The average molecular weight is 367 g/mol. The van der Waals surface area contributed by atoms with Crippen molar-refractivity contribution in [1.29, 1.82) is 0 Å². The number of amides is 2. The van der Waals surface area contributed by atoms with Gasteiger partial charge in [0.05, 0.1) is 18.8 Å². The Kier molecular flexibility index (Phi) is 5.64. The molecule has 2 amide bonds. The van der Waals surface area contributed by atoms with Crippen LogP contribution in [0.25, 0.3) is 0 Å². The zero-order chi connectivity index (χ0) is 19.4. The summed E-state index contributed by atoms with van der Waals surface area (Å²) in [4.78, 5) is 26.7. The highest BCUT2D eigenvalue weighted by Crippen LogP contribution is 2.33. The number of carbonyl (C=O) groups is 2. The van der Waals surface area contributed by atoms with Gasteiger partial charge in [-0.1, -0.05) is 37.3 Å². The quantitative estimate of drug-likeness (QED) is 0.852. The van der Waals surface area contributed by atoms with Crippen LogP contribution < -0.4 is 20.3 Å². The number of hydrogen-bond acceptors (Lipinski definition) is 4. The highest BCUT2D eigenvalue weighted by molar-refractivity contribution is 5.96. The normalized spacial score (nSPS) is 15.5. The minimum absolute atomic E-state index is 0.119. The predicted molar refractivity (Wildman–Crippen MR) is 106 cm³/mol. The molecule has 2 aromatic rings. The number of rotatable bonds is 5. The second-order valence-electron chi connectivity index (χ2n) is 6.58. The monoisotopic (exact) mass is 367 g/mol. The number of ether oxygens (including phenoxy) is 1. The number of likely N-dealkylation sites (N-methyl/N-ethyl adjacent to an activating group) is 1. The van der Waals surface area contributed by atoms with Crippen molar-refractivity contribution in [2.75, 3.05) is 30.4 Å². The zero-order valence-electron chi connectivity index (χ0n) is 15.9. The first-order chi connectivity index (χ1) is 13.0. The van der Waals surface area contributed by atoms with E-state index in [9.17, 15) is 9.59 Å². The van der Waals surface area contributed by atoms with Crippen LogP contribution in [0, 0.1) is 6.92 Å². The van der Waals surface area contributed by atoms with Gasteiger partial charge >= 0.3 is 0 Å². The Morgan fingerprint density at radius 2 is 1.96 bits per heavy atom. The van der Waals surface area contributed by atoms with Crippen LogP contribution in [-0.2, 0) is 16.0 Å². The van der Waals surface area contributed by atoms with Gasteiger partial charge in [0.1, 0.15) is 5.75 Å². The van der Waals surface area contributed by atoms with Crippen molar-refractivity contribution < 1.29 is 14.3 Å². The fraction of sp³-hybridized carbons (Fsp3) is 0.333. The molecule has 0 fully saturated rings. The van der Waals surface area contributed by atoms with Crippen LogP contribution >= 0.6 is 0 Å². The summed E-state index contributed by atoms with van der Waals surface area (Å²) in [5.74, 6) is 0.281. The van der Waals surface area contributed by atoms with E-state index in [2.05, 4.69) is 17.6 Å². The minimum Gasteiger partial charge on any atom is -0.477 e. The molecule has 0 unspecified atom stereocenters. The summed E-state index contributed by atoms with van der Waals surface area (Å²) in [6.45, 7) is 4.51. The molecule has 0 bridgehead atoms. The van der Waals surface area contributed by atoms with Crippen LogP contribution in [0.3, 0.4) is 0 Å². The lowest BCUT2D eigenvalue weighted by Gasteiger charge is -2.35. The summed E-state index contributed by atoms with van der Waals surface area (Å²) in [5, 5.41) is 5.65. The molecule has 142 valence electrons. The Morgan fingerprint density at radius 3 is 2.70 bits per heavy atom. The van der Waals surface area contributed by atoms with Crippen LogP contribution in [0.4, 0.5) is 11.4 Å². The van der Waals surface area contributed by atoms with Crippen LogP contribution in [0.2, 0.25) is 0 Å². The van der Waals surface area contributed by atoms with Gasteiger partial charge in [-0.3, -0.25) is 9.59 Å². The summed E-state index contributed by atoms with van der Waals surface area (Å²) in [6, 6.07) is 13.5. The molecule has 1 atom stereocenters. The number of para-hydroxylation sites is 3. The molecule has 27 heavy (non-hydrogen) atoms. The molecule has 0 saturated heterocycles. The van der Waals surface area contributed by atoms with E-state index in [0.717, 1.165) is 28.9 Å². The van der Waals surface area contributed by atoms with Crippen molar-refractivity contribution >= 4 is 23.2 Å². The second-order valence-corrected chi connectivity index (χ2v) is 6.58. The standard InChI is InChI=1S/C21H25N3O3/c1-4-15-9-7-8-14(2)20(15)23-19(25)13-24-12-18(21(26)22-3)27-17-11-6-5-10-16(17)24/h5-11,18H,4,12-13H2,1-3H3,(H,22,26)(H,23,25)/t18-/m1/s1. The smallest absolute Gasteiger partial charge is 0.262 e. The third-order valence-corrected chi connectivity index (χ3v) is 4.74. The first-order valence-electron chi connectivity index (χ1n) is 9.14. The van der Waals surface area contributed by atoms with Crippen LogP contribution in [-0.4, -0.2) is 38.1 Å². The summed E-state index contributed by atoms with van der Waals surface area (Å²) in [7, 11) is 1.58. The first-order valence-corrected chi connectivity index (χ1v) is 9.14. The van der Waals surface area contributed by atoms with Gasteiger partial charge in [0.2, 0.25) is 5.91 Å². The minimum atomic E-state index is -0.651. The van der Waals surface area contributed by atoms with E-state index in [1.54, 1.807) is 7.05 Å². The maximum Gasteiger partial charge on any atom is 0.262 e. The van der Waals surface area contributed by atoms with Gasteiger partial charge in [0.25, 0.3) is 5.91 Å². The number of carbonyl (C=O) groups excluding carboxylic acids is 2. The number of anilines is 2. The second kappa shape index (κ2) is 8.12. The maximum atomic E-state index is 12.8. The van der Waals surface area contributed by atoms with Gasteiger partial charge in [0.15, 0.2) is 6.10 Å². The van der Waals surface area contributed by atoms with E-state index < -0.39 is 6.10 Å². The Morgan fingerprint density at radius 1 is 1.19 bits per heavy atom. The maximum absolute atomic E-state index is 12.8. The molecule has 1 aliphatic heterocycles. The molecule has 2 N–H and O–H groups in total. The Balaban J connectivity index is 1.80. The molecule has 1 aliphatic rings. The summed E-state index contributed by atoms with van der Waals surface area (Å²) in [5.41, 5.74) is 3.82. The Bertz CT molecular complexity index is 850. The van der Waals surface area contributed by atoms with Crippen LogP contribution in [0.1, 0.15) is 18.1 Å². The van der Waals surface area contributed by atoms with Crippen molar-refractivity contribution in [3.63, 3.8) is 0 Å². The number of aryl methyl sites for hydroxylation is 2. The molecule has 6 nitrogen and oxygen atoms in total. The number of benzene rings is 2. The molecule has 3 rings (SSSR count). The SMILES string of the molecule is CCc1cccc(C)c1NC(=O)CN1C[C@H](C(=O)NC)Oc2ccccc21. The van der Waals surface area contributed by atoms with Gasteiger partial charge < -0.3 is 20.3 Å². The largest absolute Gasteiger partial charge is 0.477 e. The van der Waals surface area contributed by atoms with E-state index >= 15 is 0 Å². The van der Waals surface area contributed by atoms with Gasteiger partial charge in [-0.2, -0.15) is 0 Å². The Hall–Kier alpha value is -3.02. The van der Waals surface area contributed by atoms with E-state index in [-0.39, 0.29) is 18.4 Å². The predicted octanol–water partition coefficient (Wildman–Crippen LogP) is 2.51. The molecule has 0 aliphatic carbocycles. The molecular weight excluding hydrogens is 342 g/mol. The fourth-order valence-electron chi connectivity index (χ4n) is 3.31. The van der Waals surface area contributed by atoms with E-state index in [1.165, 1.54) is 0 Å². The molecule has 2 aromatic carbocycles. The fourth-order valence-corrected chi connectivity index (χ4v) is 3.31. The van der Waals surface area contributed by atoms with Crippen molar-refractivity contribution in [2.24, 2.45) is 0 Å². The molecule has 0 saturated carbocycles. The molecule has 6 heteroatoms. The van der Waals surface area contributed by atoms with E-state index in [1.807, 2.05) is 54.3 Å². The number of hydrogen-bond donors (Lipinski definition) is 2. The molecule has 1 heterocycles. The van der Waals surface area contributed by atoms with Gasteiger partial charge in [-0.15, -0.1) is 0 Å². The third kappa shape index (κ3) is 4.05. The molecule has 0 spiro atoms. The lowest BCUT2D eigenvalue weighted by molar-refractivity contribution is -0.127. The van der Waals surface area contributed by atoms with Crippen LogP contribution in [0.15, 0.2) is 42.5 Å². The number of fused-ring (bicyclic) bond motifs is 1. The molecular formula is C21H25N3O3. The van der Waals surface area contributed by atoms with Gasteiger partial charge in [-0.25, -0.2) is 0 Å². The van der Waals surface area contributed by atoms with Crippen LogP contribution in [0.5, 0.6) is 5.75 Å². The van der Waals surface area contributed by atoms with E-state index in [4.69, 9.17) is 4.74 Å². The third-order valence-electron chi connectivity index (χ3n) is 4.74. The Labute approximate surface area is 159 Å². The summed E-state index contributed by atoms with van der Waals surface area (Å²) in [6.07, 6.45) is 0.193. The lowest BCUT2D eigenvalue weighted by atomic mass is 10.1. The lowest BCUT2D eigenvalue weighted by Crippen LogP contribution is -2.50. The van der Waals surface area contributed by atoms with Crippen molar-refractivity contribution in [2.45, 2.75) is 26.4 Å². The molecule has 0 aromatic heterocycles. The highest BCUT2D eigenvalue weighted by atomic mass is 16.5. The first kappa shape index (κ1) is 18.8. The summed E-state index contributed by atoms with van der Waals surface area (Å²) < 4.78 is 5.78.